The monoisotopic (exact) mass is 471 g/mol. The van der Waals surface area contributed by atoms with Crippen molar-refractivity contribution in [2.45, 2.75) is 70.5 Å². The third-order valence-corrected chi connectivity index (χ3v) is 8.51. The van der Waals surface area contributed by atoms with Gasteiger partial charge in [0.25, 0.3) is 5.91 Å². The molecule has 1 aliphatic carbocycles. The minimum atomic E-state index is -3.74. The molecular formula is C23H29N5O4S. The van der Waals surface area contributed by atoms with Crippen LogP contribution < -0.4 is 9.62 Å². The van der Waals surface area contributed by atoms with Crippen molar-refractivity contribution >= 4 is 27.6 Å². The van der Waals surface area contributed by atoms with Gasteiger partial charge in [0.05, 0.1) is 41.0 Å². The summed E-state index contributed by atoms with van der Waals surface area (Å²) in [5.41, 5.74) is 2.20. The van der Waals surface area contributed by atoms with Gasteiger partial charge in [-0.05, 0) is 57.7 Å². The van der Waals surface area contributed by atoms with Gasteiger partial charge in [-0.2, -0.15) is 0 Å². The topological polar surface area (TPSA) is 108 Å². The van der Waals surface area contributed by atoms with Crippen molar-refractivity contribution < 1.29 is 17.7 Å². The van der Waals surface area contributed by atoms with Crippen LogP contribution in [-0.4, -0.2) is 48.5 Å². The Bertz CT molecular complexity index is 1260. The average molecular weight is 472 g/mol. The standard InChI is InChI=1S/C23H29N5O4S/c1-13(2)20-11-24-22-27(12-18-14(3)25-32-15(18)4)21(29)17-10-16(6-7-19(17)28(20)22)33(30,31)26-23(5)8-9-23/h6-7,10,13,20,26H,8-9,11-12H2,1-5H3/t20-/m0/s1. The van der Waals surface area contributed by atoms with Crippen LogP contribution in [-0.2, 0) is 16.6 Å². The maximum Gasteiger partial charge on any atom is 0.263 e. The Morgan fingerprint density at radius 1 is 1.27 bits per heavy atom. The van der Waals surface area contributed by atoms with Gasteiger partial charge in [-0.15, -0.1) is 0 Å². The number of sulfonamides is 1. The number of carbonyl (C=O) groups is 1. The van der Waals surface area contributed by atoms with Crippen molar-refractivity contribution in [1.82, 2.24) is 14.8 Å². The molecule has 1 N–H and O–H groups in total. The summed E-state index contributed by atoms with van der Waals surface area (Å²) >= 11 is 0. The van der Waals surface area contributed by atoms with Crippen molar-refractivity contribution in [2.24, 2.45) is 10.9 Å². The molecule has 1 aromatic heterocycles. The van der Waals surface area contributed by atoms with Gasteiger partial charge in [0.1, 0.15) is 5.76 Å². The molecule has 0 unspecified atom stereocenters. The van der Waals surface area contributed by atoms with Crippen LogP contribution in [0.4, 0.5) is 5.69 Å². The summed E-state index contributed by atoms with van der Waals surface area (Å²) in [4.78, 5) is 22.2. The fourth-order valence-electron chi connectivity index (χ4n) is 4.49. The lowest BCUT2D eigenvalue weighted by molar-refractivity contribution is 0.0832. The fourth-order valence-corrected chi connectivity index (χ4v) is 5.98. The van der Waals surface area contributed by atoms with Crippen LogP contribution in [0.25, 0.3) is 0 Å². The molecule has 1 amide bonds. The molecule has 33 heavy (non-hydrogen) atoms. The molecule has 0 spiro atoms. The molecular weight excluding hydrogens is 442 g/mol. The minimum Gasteiger partial charge on any atom is -0.361 e. The lowest BCUT2D eigenvalue weighted by Crippen LogP contribution is -2.53. The first-order valence-electron chi connectivity index (χ1n) is 11.3. The van der Waals surface area contributed by atoms with Gasteiger partial charge in [-0.1, -0.05) is 19.0 Å². The van der Waals surface area contributed by atoms with Gasteiger partial charge in [0, 0.05) is 11.1 Å². The Balaban J connectivity index is 1.59. The first-order valence-corrected chi connectivity index (χ1v) is 12.7. The van der Waals surface area contributed by atoms with E-state index in [0.29, 0.717) is 29.5 Å². The first kappa shape index (κ1) is 22.1. The van der Waals surface area contributed by atoms with Crippen molar-refractivity contribution in [3.05, 3.63) is 40.8 Å². The molecule has 0 saturated heterocycles. The normalized spacial score (nSPS) is 21.3. The lowest BCUT2D eigenvalue weighted by atomic mass is 10.00. The molecule has 9 nitrogen and oxygen atoms in total. The second kappa shape index (κ2) is 7.39. The highest BCUT2D eigenvalue weighted by molar-refractivity contribution is 7.89. The van der Waals surface area contributed by atoms with Crippen LogP contribution in [0.15, 0.2) is 32.6 Å². The van der Waals surface area contributed by atoms with Crippen molar-refractivity contribution in [2.75, 3.05) is 11.4 Å². The number of carbonyl (C=O) groups excluding carboxylic acids is 1. The number of aryl methyl sites for hydroxylation is 2. The molecule has 1 aromatic carbocycles. The van der Waals surface area contributed by atoms with E-state index in [-0.39, 0.29) is 29.3 Å². The highest BCUT2D eigenvalue weighted by atomic mass is 32.2. The van der Waals surface area contributed by atoms with E-state index < -0.39 is 15.6 Å². The second-order valence-electron chi connectivity index (χ2n) is 9.86. The van der Waals surface area contributed by atoms with Gasteiger partial charge < -0.3 is 9.42 Å². The summed E-state index contributed by atoms with van der Waals surface area (Å²) in [5, 5.41) is 4.01. The number of nitrogens with zero attached hydrogens (tertiary/aromatic N) is 4. The van der Waals surface area contributed by atoms with Gasteiger partial charge >= 0.3 is 0 Å². The number of hydrogen-bond donors (Lipinski definition) is 1. The smallest absolute Gasteiger partial charge is 0.263 e. The molecule has 1 fully saturated rings. The summed E-state index contributed by atoms with van der Waals surface area (Å²) in [6.07, 6.45) is 1.62. The van der Waals surface area contributed by atoms with Crippen molar-refractivity contribution in [3.63, 3.8) is 0 Å². The van der Waals surface area contributed by atoms with E-state index in [0.717, 1.165) is 24.1 Å². The molecule has 176 valence electrons. The summed E-state index contributed by atoms with van der Waals surface area (Å²) in [5.74, 6) is 1.24. The Labute approximate surface area is 193 Å². The van der Waals surface area contributed by atoms with E-state index in [9.17, 15) is 13.2 Å². The predicted molar refractivity (Wildman–Crippen MR) is 124 cm³/mol. The maximum absolute atomic E-state index is 13.7. The van der Waals surface area contributed by atoms with Gasteiger partial charge in [-0.25, -0.2) is 13.1 Å². The Morgan fingerprint density at radius 3 is 2.61 bits per heavy atom. The van der Waals surface area contributed by atoms with Crippen LogP contribution in [0, 0.1) is 19.8 Å². The molecule has 1 saturated carbocycles. The molecule has 2 aliphatic heterocycles. The number of hydrogen-bond acceptors (Lipinski definition) is 7. The summed E-state index contributed by atoms with van der Waals surface area (Å²) in [7, 11) is -3.74. The summed E-state index contributed by atoms with van der Waals surface area (Å²) in [6, 6.07) is 4.89. The lowest BCUT2D eigenvalue weighted by Gasteiger charge is -2.40. The van der Waals surface area contributed by atoms with Crippen LogP contribution in [0.1, 0.15) is 61.0 Å². The van der Waals surface area contributed by atoms with Crippen molar-refractivity contribution in [1.29, 1.82) is 0 Å². The first-order chi connectivity index (χ1) is 15.5. The summed E-state index contributed by atoms with van der Waals surface area (Å²) in [6.45, 7) is 10.6. The van der Waals surface area contributed by atoms with Crippen LogP contribution in [0.3, 0.4) is 0 Å². The van der Waals surface area contributed by atoms with Crippen molar-refractivity contribution in [3.8, 4) is 0 Å². The minimum absolute atomic E-state index is 0.0741. The van der Waals surface area contributed by atoms with Crippen LogP contribution >= 0.6 is 0 Å². The van der Waals surface area contributed by atoms with Crippen LogP contribution in [0.5, 0.6) is 0 Å². The number of amides is 1. The van der Waals surface area contributed by atoms with E-state index in [4.69, 9.17) is 9.52 Å². The van der Waals surface area contributed by atoms with Gasteiger partial charge in [0.15, 0.2) is 0 Å². The average Bonchev–Trinajstić information content (AvgIpc) is 3.16. The maximum atomic E-state index is 13.7. The molecule has 0 radical (unpaired) electrons. The molecule has 1 atom stereocenters. The Morgan fingerprint density at radius 2 is 2.00 bits per heavy atom. The SMILES string of the molecule is Cc1noc(C)c1CN1C(=O)c2cc(S(=O)(=O)NC3(C)CC3)ccc2N2C1=NC[C@H]2C(C)C. The highest BCUT2D eigenvalue weighted by Gasteiger charge is 2.45. The molecule has 10 heteroatoms. The zero-order valence-electron chi connectivity index (χ0n) is 19.5. The third kappa shape index (κ3) is 3.65. The second-order valence-corrected chi connectivity index (χ2v) is 11.5. The van der Waals surface area contributed by atoms with E-state index in [2.05, 4.69) is 28.6 Å². The predicted octanol–water partition coefficient (Wildman–Crippen LogP) is 2.98. The quantitative estimate of drug-likeness (QED) is 0.694. The largest absolute Gasteiger partial charge is 0.361 e. The Kier molecular flexibility index (Phi) is 4.95. The van der Waals surface area contributed by atoms with Gasteiger partial charge in [-0.3, -0.25) is 14.7 Å². The number of nitrogens with one attached hydrogen (secondary N) is 1. The molecule has 3 aliphatic rings. The number of rotatable bonds is 6. The van der Waals surface area contributed by atoms with E-state index in [1.807, 2.05) is 20.8 Å². The van der Waals surface area contributed by atoms with E-state index in [1.54, 1.807) is 17.0 Å². The Hall–Kier alpha value is -2.72. The number of fused-ring (bicyclic) bond motifs is 3. The third-order valence-electron chi connectivity index (χ3n) is 6.87. The highest BCUT2D eigenvalue weighted by Crippen LogP contribution is 2.39. The van der Waals surface area contributed by atoms with E-state index >= 15 is 0 Å². The number of guanidine groups is 1. The number of benzene rings is 1. The molecule has 3 heterocycles. The van der Waals surface area contributed by atoms with E-state index in [1.165, 1.54) is 6.07 Å². The summed E-state index contributed by atoms with van der Waals surface area (Å²) < 4.78 is 34.1. The molecule has 5 rings (SSSR count). The van der Waals surface area contributed by atoms with Gasteiger partial charge in [0.2, 0.25) is 16.0 Å². The zero-order chi connectivity index (χ0) is 23.7. The fraction of sp³-hybridized carbons (Fsp3) is 0.522. The number of aliphatic imine (C=N–C) groups is 1. The number of aromatic nitrogens is 1. The number of anilines is 1. The zero-order valence-corrected chi connectivity index (χ0v) is 20.4. The van der Waals surface area contributed by atoms with Crippen LogP contribution in [0.2, 0.25) is 0 Å². The molecule has 2 aromatic rings. The molecule has 0 bridgehead atoms.